The van der Waals surface area contributed by atoms with Crippen molar-refractivity contribution in [3.05, 3.63) is 18.2 Å². The van der Waals surface area contributed by atoms with Crippen LogP contribution in [0.4, 0.5) is 11.4 Å². The fourth-order valence-electron chi connectivity index (χ4n) is 1.39. The number of hydrogen-bond acceptors (Lipinski definition) is 4. The lowest BCUT2D eigenvalue weighted by Gasteiger charge is -2.15. The molecule has 1 aromatic carbocycles. The van der Waals surface area contributed by atoms with Gasteiger partial charge in [0.25, 0.3) is 0 Å². The van der Waals surface area contributed by atoms with Crippen molar-refractivity contribution >= 4 is 11.4 Å². The molecule has 0 unspecified atom stereocenters. The van der Waals surface area contributed by atoms with Crippen LogP contribution in [0.25, 0.3) is 0 Å². The molecule has 90 valence electrons. The van der Waals surface area contributed by atoms with E-state index in [4.69, 9.17) is 10.5 Å². The number of nitrogens with one attached hydrogen (secondary N) is 1. The lowest BCUT2D eigenvalue weighted by Crippen LogP contribution is -2.21. The highest BCUT2D eigenvalue weighted by atomic mass is 16.5. The van der Waals surface area contributed by atoms with E-state index in [2.05, 4.69) is 10.2 Å². The third-order valence-corrected chi connectivity index (χ3v) is 2.24. The Bertz CT molecular complexity index is 326. The van der Waals surface area contributed by atoms with Crippen molar-refractivity contribution in [1.82, 2.24) is 4.90 Å². The zero-order valence-corrected chi connectivity index (χ0v) is 10.3. The van der Waals surface area contributed by atoms with Gasteiger partial charge in [0.2, 0.25) is 0 Å². The first kappa shape index (κ1) is 12.6. The Morgan fingerprint density at radius 3 is 2.75 bits per heavy atom. The monoisotopic (exact) mass is 223 g/mol. The van der Waals surface area contributed by atoms with Gasteiger partial charge in [-0.15, -0.1) is 0 Å². The summed E-state index contributed by atoms with van der Waals surface area (Å²) in [5, 5.41) is 3.30. The van der Waals surface area contributed by atoms with Crippen LogP contribution in [0.2, 0.25) is 0 Å². The molecule has 3 N–H and O–H groups in total. The first-order chi connectivity index (χ1) is 7.65. The van der Waals surface area contributed by atoms with Crippen LogP contribution in [0.5, 0.6) is 5.75 Å². The van der Waals surface area contributed by atoms with Crippen LogP contribution in [0, 0.1) is 0 Å². The van der Waals surface area contributed by atoms with Crippen LogP contribution in [-0.4, -0.2) is 38.7 Å². The Kier molecular flexibility index (Phi) is 4.92. The van der Waals surface area contributed by atoms with E-state index in [-0.39, 0.29) is 0 Å². The minimum absolute atomic E-state index is 0.630. The number of ether oxygens (including phenoxy) is 1. The molecule has 0 heterocycles. The van der Waals surface area contributed by atoms with E-state index >= 15 is 0 Å². The van der Waals surface area contributed by atoms with Crippen molar-refractivity contribution in [1.29, 1.82) is 0 Å². The molecule has 0 atom stereocenters. The van der Waals surface area contributed by atoms with Crippen molar-refractivity contribution in [2.75, 3.05) is 44.8 Å². The second-order valence-electron chi connectivity index (χ2n) is 3.88. The Hall–Kier alpha value is -1.42. The van der Waals surface area contributed by atoms with Gasteiger partial charge < -0.3 is 20.7 Å². The summed E-state index contributed by atoms with van der Waals surface area (Å²) in [6.45, 7) is 4.42. The summed E-state index contributed by atoms with van der Waals surface area (Å²) < 4.78 is 5.43. The summed E-state index contributed by atoms with van der Waals surface area (Å²) in [5.41, 5.74) is 7.61. The average Bonchev–Trinajstić information content (AvgIpc) is 2.23. The lowest BCUT2D eigenvalue weighted by atomic mass is 10.2. The smallest absolute Gasteiger partial charge is 0.144 e. The largest absolute Gasteiger partial charge is 0.492 e. The fraction of sp³-hybridized carbons (Fsp3) is 0.500. The van der Waals surface area contributed by atoms with Gasteiger partial charge in [0.1, 0.15) is 5.75 Å². The lowest BCUT2D eigenvalue weighted by molar-refractivity contribution is 0.342. The third-order valence-electron chi connectivity index (χ3n) is 2.24. The maximum Gasteiger partial charge on any atom is 0.144 e. The summed E-state index contributed by atoms with van der Waals surface area (Å²) in [4.78, 5) is 2.12. The number of nitrogens with two attached hydrogens (primary N) is 1. The fourth-order valence-corrected chi connectivity index (χ4v) is 1.39. The van der Waals surface area contributed by atoms with Crippen LogP contribution < -0.4 is 15.8 Å². The van der Waals surface area contributed by atoms with E-state index in [0.29, 0.717) is 12.3 Å². The molecule has 0 saturated carbocycles. The average molecular weight is 223 g/mol. The minimum atomic E-state index is 0.630. The molecule has 0 saturated heterocycles. The number of benzene rings is 1. The Balaban J connectivity index is 2.62. The van der Waals surface area contributed by atoms with Gasteiger partial charge in [-0.1, -0.05) is 6.07 Å². The number of anilines is 2. The molecule has 0 aliphatic rings. The van der Waals surface area contributed by atoms with E-state index in [1.807, 2.05) is 39.2 Å². The molecule has 0 bridgehead atoms. The van der Waals surface area contributed by atoms with Crippen molar-refractivity contribution < 1.29 is 4.74 Å². The molecule has 0 amide bonds. The number of rotatable bonds is 6. The Labute approximate surface area is 97.4 Å². The third kappa shape index (κ3) is 3.62. The maximum atomic E-state index is 5.99. The molecule has 4 heteroatoms. The van der Waals surface area contributed by atoms with Gasteiger partial charge >= 0.3 is 0 Å². The molecule has 0 fully saturated rings. The van der Waals surface area contributed by atoms with Crippen LogP contribution in [0.1, 0.15) is 6.92 Å². The molecule has 1 rings (SSSR count). The van der Waals surface area contributed by atoms with Gasteiger partial charge in [-0.3, -0.25) is 0 Å². The van der Waals surface area contributed by atoms with Crippen LogP contribution in [0.15, 0.2) is 18.2 Å². The second-order valence-corrected chi connectivity index (χ2v) is 3.88. The molecule has 0 radical (unpaired) electrons. The number of nitrogen functional groups attached to an aromatic ring is 1. The zero-order valence-electron chi connectivity index (χ0n) is 10.3. The highest BCUT2D eigenvalue weighted by molar-refractivity contribution is 5.72. The molecule has 1 aromatic rings. The van der Waals surface area contributed by atoms with E-state index in [1.54, 1.807) is 0 Å². The normalized spacial score (nSPS) is 10.5. The predicted molar refractivity (Wildman–Crippen MR) is 69.1 cm³/mol. The number of hydrogen-bond donors (Lipinski definition) is 2. The second kappa shape index (κ2) is 6.23. The SMILES string of the molecule is CCOc1cccc(NCCN(C)C)c1N. The van der Waals surface area contributed by atoms with Gasteiger partial charge in [0, 0.05) is 13.1 Å². The summed E-state index contributed by atoms with van der Waals surface area (Å²) in [7, 11) is 4.09. The molecule has 0 spiro atoms. The number of para-hydroxylation sites is 1. The van der Waals surface area contributed by atoms with E-state index in [0.717, 1.165) is 24.5 Å². The van der Waals surface area contributed by atoms with Crippen molar-refractivity contribution in [2.24, 2.45) is 0 Å². The van der Waals surface area contributed by atoms with Crippen molar-refractivity contribution in [3.63, 3.8) is 0 Å². The van der Waals surface area contributed by atoms with Gasteiger partial charge in [0.15, 0.2) is 0 Å². The zero-order chi connectivity index (χ0) is 12.0. The quantitative estimate of drug-likeness (QED) is 0.720. The summed E-state index contributed by atoms with van der Waals surface area (Å²) in [6.07, 6.45) is 0. The van der Waals surface area contributed by atoms with E-state index in [9.17, 15) is 0 Å². The maximum absolute atomic E-state index is 5.99. The molecule has 0 aliphatic carbocycles. The topological polar surface area (TPSA) is 50.5 Å². The van der Waals surface area contributed by atoms with Gasteiger partial charge in [0.05, 0.1) is 18.0 Å². The molecule has 0 aliphatic heterocycles. The van der Waals surface area contributed by atoms with Gasteiger partial charge in [-0.2, -0.15) is 0 Å². The summed E-state index contributed by atoms with van der Waals surface area (Å²) in [6, 6.07) is 5.79. The van der Waals surface area contributed by atoms with Gasteiger partial charge in [-0.05, 0) is 33.2 Å². The number of likely N-dealkylation sites (N-methyl/N-ethyl adjacent to an activating group) is 1. The molecule has 16 heavy (non-hydrogen) atoms. The predicted octanol–water partition coefficient (Wildman–Crippen LogP) is 1.64. The standard InChI is InChI=1S/C12H21N3O/c1-4-16-11-7-5-6-10(12(11)13)14-8-9-15(2)3/h5-7,14H,4,8-9,13H2,1-3H3. The molecular formula is C12H21N3O. The minimum Gasteiger partial charge on any atom is -0.492 e. The first-order valence-electron chi connectivity index (χ1n) is 5.55. The van der Waals surface area contributed by atoms with Crippen LogP contribution >= 0.6 is 0 Å². The molecular weight excluding hydrogens is 202 g/mol. The van der Waals surface area contributed by atoms with Crippen molar-refractivity contribution in [3.8, 4) is 5.75 Å². The number of nitrogens with zero attached hydrogens (tertiary/aromatic N) is 1. The Morgan fingerprint density at radius 1 is 1.38 bits per heavy atom. The first-order valence-corrected chi connectivity index (χ1v) is 5.55. The van der Waals surface area contributed by atoms with Gasteiger partial charge in [-0.25, -0.2) is 0 Å². The molecule has 4 nitrogen and oxygen atoms in total. The van der Waals surface area contributed by atoms with Crippen LogP contribution in [-0.2, 0) is 0 Å². The summed E-state index contributed by atoms with van der Waals surface area (Å²) >= 11 is 0. The van der Waals surface area contributed by atoms with E-state index in [1.165, 1.54) is 0 Å². The highest BCUT2D eigenvalue weighted by Crippen LogP contribution is 2.28. The van der Waals surface area contributed by atoms with E-state index < -0.39 is 0 Å². The van der Waals surface area contributed by atoms with Crippen molar-refractivity contribution in [2.45, 2.75) is 6.92 Å². The molecule has 0 aromatic heterocycles. The highest BCUT2D eigenvalue weighted by Gasteiger charge is 2.04. The Morgan fingerprint density at radius 2 is 2.12 bits per heavy atom. The van der Waals surface area contributed by atoms with Crippen LogP contribution in [0.3, 0.4) is 0 Å². The summed E-state index contributed by atoms with van der Waals surface area (Å²) in [5.74, 6) is 0.748.